The second-order valence-corrected chi connectivity index (χ2v) is 7.90. The van der Waals surface area contributed by atoms with Gasteiger partial charge in [-0.1, -0.05) is 42.5 Å². The Labute approximate surface area is 192 Å². The molecular formula is C26H25FN4O2. The van der Waals surface area contributed by atoms with Gasteiger partial charge in [-0.15, -0.1) is 0 Å². The molecule has 1 aliphatic heterocycles. The van der Waals surface area contributed by atoms with Gasteiger partial charge in [0.2, 0.25) is 0 Å². The zero-order valence-corrected chi connectivity index (χ0v) is 18.2. The number of hydrogen-bond acceptors (Lipinski definition) is 6. The summed E-state index contributed by atoms with van der Waals surface area (Å²) in [6.07, 6.45) is 0. The zero-order chi connectivity index (χ0) is 22.5. The molecular weight excluding hydrogens is 419 g/mol. The van der Waals surface area contributed by atoms with E-state index >= 15 is 0 Å². The average molecular weight is 445 g/mol. The van der Waals surface area contributed by atoms with Crippen LogP contribution in [0.15, 0.2) is 72.8 Å². The second-order valence-electron chi connectivity index (χ2n) is 7.90. The predicted molar refractivity (Wildman–Crippen MR) is 127 cm³/mol. The Morgan fingerprint density at radius 3 is 2.36 bits per heavy atom. The maximum Gasteiger partial charge on any atom is 0.172 e. The average Bonchev–Trinajstić information content (AvgIpc) is 2.87. The standard InChI is InChI=1S/C26H25FN4O2/c27-21-4-3-5-22(16-21)33-18-20-10-8-19(9-11-20)17-28-25-26(31-12-14-32-15-13-31)30-24-7-2-1-6-23(24)29-25/h1-11,16H,12-15,17-18H2,(H,28,29). The number of rotatable bonds is 7. The van der Waals surface area contributed by atoms with Gasteiger partial charge >= 0.3 is 0 Å². The van der Waals surface area contributed by atoms with Gasteiger partial charge < -0.3 is 19.7 Å². The Bertz CT molecular complexity index is 1230. The van der Waals surface area contributed by atoms with Gasteiger partial charge in [0.25, 0.3) is 0 Å². The second kappa shape index (κ2) is 9.83. The van der Waals surface area contributed by atoms with Crippen LogP contribution in [-0.4, -0.2) is 36.3 Å². The maximum absolute atomic E-state index is 13.3. The molecule has 0 spiro atoms. The van der Waals surface area contributed by atoms with Gasteiger partial charge in [-0.3, -0.25) is 0 Å². The van der Waals surface area contributed by atoms with E-state index in [1.54, 1.807) is 12.1 Å². The minimum Gasteiger partial charge on any atom is -0.489 e. The van der Waals surface area contributed by atoms with Crippen molar-refractivity contribution >= 4 is 22.7 Å². The van der Waals surface area contributed by atoms with Crippen LogP contribution in [0.4, 0.5) is 16.0 Å². The monoisotopic (exact) mass is 444 g/mol. The number of nitrogens with zero attached hydrogens (tertiary/aromatic N) is 3. The molecule has 0 unspecified atom stereocenters. The molecule has 1 aromatic heterocycles. The fourth-order valence-corrected chi connectivity index (χ4v) is 3.77. The van der Waals surface area contributed by atoms with Crippen molar-refractivity contribution in [2.75, 3.05) is 36.5 Å². The summed E-state index contributed by atoms with van der Waals surface area (Å²) < 4.78 is 24.5. The number of halogens is 1. The minimum atomic E-state index is -0.304. The molecule has 0 bridgehead atoms. The van der Waals surface area contributed by atoms with E-state index < -0.39 is 0 Å². The van der Waals surface area contributed by atoms with Crippen LogP contribution in [0.25, 0.3) is 11.0 Å². The van der Waals surface area contributed by atoms with E-state index in [1.165, 1.54) is 12.1 Å². The number of para-hydroxylation sites is 2. The van der Waals surface area contributed by atoms with Crippen molar-refractivity contribution in [3.63, 3.8) is 0 Å². The number of anilines is 2. The van der Waals surface area contributed by atoms with Crippen molar-refractivity contribution in [2.45, 2.75) is 13.2 Å². The molecule has 1 N–H and O–H groups in total. The van der Waals surface area contributed by atoms with Crippen LogP contribution in [0.1, 0.15) is 11.1 Å². The van der Waals surface area contributed by atoms with Crippen LogP contribution in [0, 0.1) is 5.82 Å². The third kappa shape index (κ3) is 5.21. The third-order valence-corrected chi connectivity index (χ3v) is 5.55. The SMILES string of the molecule is Fc1cccc(OCc2ccc(CNc3nc4ccccc4nc3N3CCOCC3)cc2)c1. The highest BCUT2D eigenvalue weighted by Crippen LogP contribution is 2.26. The molecule has 1 aliphatic rings. The number of morpholine rings is 1. The highest BCUT2D eigenvalue weighted by molar-refractivity contribution is 5.80. The Hall–Kier alpha value is -3.71. The molecule has 6 nitrogen and oxygen atoms in total. The van der Waals surface area contributed by atoms with E-state index in [2.05, 4.69) is 22.3 Å². The molecule has 1 fully saturated rings. The first-order chi connectivity index (χ1) is 16.2. The molecule has 0 saturated carbocycles. The van der Waals surface area contributed by atoms with Crippen molar-refractivity contribution in [1.82, 2.24) is 9.97 Å². The van der Waals surface area contributed by atoms with Crippen LogP contribution >= 0.6 is 0 Å². The summed E-state index contributed by atoms with van der Waals surface area (Å²) in [5, 5.41) is 3.47. The lowest BCUT2D eigenvalue weighted by Gasteiger charge is -2.29. The van der Waals surface area contributed by atoms with Crippen LogP contribution in [0.5, 0.6) is 5.75 Å². The van der Waals surface area contributed by atoms with Gasteiger partial charge in [0.05, 0.1) is 24.2 Å². The van der Waals surface area contributed by atoms with E-state index in [9.17, 15) is 4.39 Å². The molecule has 2 heterocycles. The summed E-state index contributed by atoms with van der Waals surface area (Å²) in [7, 11) is 0. The molecule has 0 aliphatic carbocycles. The summed E-state index contributed by atoms with van der Waals surface area (Å²) in [5.41, 5.74) is 3.88. The van der Waals surface area contributed by atoms with Crippen LogP contribution in [-0.2, 0) is 17.9 Å². The predicted octanol–water partition coefficient (Wildman–Crippen LogP) is 4.80. The van der Waals surface area contributed by atoms with E-state index in [-0.39, 0.29) is 5.82 Å². The first kappa shape index (κ1) is 21.2. The molecule has 1 saturated heterocycles. The van der Waals surface area contributed by atoms with Gasteiger partial charge in [0, 0.05) is 25.7 Å². The maximum atomic E-state index is 13.3. The van der Waals surface area contributed by atoms with Crippen molar-refractivity contribution in [3.8, 4) is 5.75 Å². The number of benzene rings is 3. The fraction of sp³-hybridized carbons (Fsp3) is 0.231. The minimum absolute atomic E-state index is 0.304. The lowest BCUT2D eigenvalue weighted by atomic mass is 10.1. The van der Waals surface area contributed by atoms with Crippen molar-refractivity contribution in [2.24, 2.45) is 0 Å². The molecule has 0 atom stereocenters. The third-order valence-electron chi connectivity index (χ3n) is 5.55. The van der Waals surface area contributed by atoms with Crippen LogP contribution < -0.4 is 15.0 Å². The Morgan fingerprint density at radius 1 is 0.879 bits per heavy atom. The molecule has 3 aromatic carbocycles. The molecule has 33 heavy (non-hydrogen) atoms. The van der Waals surface area contributed by atoms with Gasteiger partial charge in [0.15, 0.2) is 11.6 Å². The molecule has 168 valence electrons. The summed E-state index contributed by atoms with van der Waals surface area (Å²) in [6, 6.07) is 22.2. The zero-order valence-electron chi connectivity index (χ0n) is 18.2. The fourth-order valence-electron chi connectivity index (χ4n) is 3.77. The summed E-state index contributed by atoms with van der Waals surface area (Å²) in [4.78, 5) is 12.0. The summed E-state index contributed by atoms with van der Waals surface area (Å²) >= 11 is 0. The molecule has 5 rings (SSSR count). The normalized spacial score (nSPS) is 13.8. The highest BCUT2D eigenvalue weighted by atomic mass is 19.1. The topological polar surface area (TPSA) is 59.5 Å². The lowest BCUT2D eigenvalue weighted by Crippen LogP contribution is -2.37. The summed E-state index contributed by atoms with van der Waals surface area (Å²) in [5.74, 6) is 1.85. The van der Waals surface area contributed by atoms with Gasteiger partial charge in [-0.05, 0) is 35.4 Å². The molecule has 4 aromatic rings. The van der Waals surface area contributed by atoms with Gasteiger partial charge in [-0.2, -0.15) is 0 Å². The Kier molecular flexibility index (Phi) is 6.30. The first-order valence-corrected chi connectivity index (χ1v) is 11.0. The van der Waals surface area contributed by atoms with Crippen molar-refractivity contribution in [3.05, 3.63) is 89.7 Å². The number of hydrogen-bond donors (Lipinski definition) is 1. The van der Waals surface area contributed by atoms with Gasteiger partial charge in [-0.25, -0.2) is 14.4 Å². The van der Waals surface area contributed by atoms with Crippen molar-refractivity contribution in [1.29, 1.82) is 0 Å². The highest BCUT2D eigenvalue weighted by Gasteiger charge is 2.18. The number of ether oxygens (including phenoxy) is 2. The molecule has 7 heteroatoms. The quantitative estimate of drug-likeness (QED) is 0.442. The summed E-state index contributed by atoms with van der Waals surface area (Å²) in [6.45, 7) is 3.97. The Balaban J connectivity index is 1.28. The number of aromatic nitrogens is 2. The number of fused-ring (bicyclic) bond motifs is 1. The first-order valence-electron chi connectivity index (χ1n) is 11.0. The van der Waals surface area contributed by atoms with Gasteiger partial charge in [0.1, 0.15) is 18.2 Å². The van der Waals surface area contributed by atoms with E-state index in [4.69, 9.17) is 19.4 Å². The van der Waals surface area contributed by atoms with Crippen LogP contribution in [0.2, 0.25) is 0 Å². The largest absolute Gasteiger partial charge is 0.489 e. The molecule has 0 amide bonds. The number of nitrogens with one attached hydrogen (secondary N) is 1. The van der Waals surface area contributed by atoms with E-state index in [1.807, 2.05) is 36.4 Å². The van der Waals surface area contributed by atoms with E-state index in [0.717, 1.165) is 46.9 Å². The van der Waals surface area contributed by atoms with Crippen LogP contribution in [0.3, 0.4) is 0 Å². The lowest BCUT2D eigenvalue weighted by molar-refractivity contribution is 0.122. The smallest absolute Gasteiger partial charge is 0.172 e. The Morgan fingerprint density at radius 2 is 1.61 bits per heavy atom. The van der Waals surface area contributed by atoms with Crippen molar-refractivity contribution < 1.29 is 13.9 Å². The molecule has 0 radical (unpaired) electrons. The van der Waals surface area contributed by atoms with E-state index in [0.29, 0.717) is 32.1 Å².